The van der Waals surface area contributed by atoms with Crippen LogP contribution in [0.1, 0.15) is 10.4 Å². The Labute approximate surface area is 154 Å². The number of hydrogen-bond acceptors (Lipinski definition) is 3. The van der Waals surface area contributed by atoms with Crippen molar-refractivity contribution in [1.29, 1.82) is 0 Å². The van der Waals surface area contributed by atoms with Crippen molar-refractivity contribution in [1.82, 2.24) is 15.1 Å². The summed E-state index contributed by atoms with van der Waals surface area (Å²) >= 11 is 5.87. The van der Waals surface area contributed by atoms with E-state index in [1.54, 1.807) is 6.07 Å². The second-order valence-electron chi connectivity index (χ2n) is 5.50. The summed E-state index contributed by atoms with van der Waals surface area (Å²) in [5, 5.41) is 6.88. The Morgan fingerprint density at radius 3 is 2.58 bits per heavy atom. The van der Waals surface area contributed by atoms with E-state index in [1.165, 1.54) is 22.9 Å². The normalized spacial score (nSPS) is 10.5. The summed E-state index contributed by atoms with van der Waals surface area (Å²) in [6.45, 7) is 0.256. The highest BCUT2D eigenvalue weighted by Gasteiger charge is 2.15. The molecule has 7 heteroatoms. The molecule has 0 saturated heterocycles. The van der Waals surface area contributed by atoms with Gasteiger partial charge in [-0.3, -0.25) is 9.59 Å². The minimum absolute atomic E-state index is 0.0314. The number of hydrogen-bond donors (Lipinski definition) is 1. The molecule has 5 nitrogen and oxygen atoms in total. The summed E-state index contributed by atoms with van der Waals surface area (Å²) < 4.78 is 15.0. The zero-order chi connectivity index (χ0) is 18.5. The maximum absolute atomic E-state index is 13.7. The smallest absolute Gasteiger partial charge is 0.266 e. The van der Waals surface area contributed by atoms with Crippen molar-refractivity contribution in [3.05, 3.63) is 87.4 Å². The third kappa shape index (κ3) is 3.97. The van der Waals surface area contributed by atoms with Crippen LogP contribution < -0.4 is 10.9 Å². The van der Waals surface area contributed by atoms with Gasteiger partial charge in [-0.05, 0) is 18.2 Å². The zero-order valence-corrected chi connectivity index (χ0v) is 14.4. The molecule has 0 bridgehead atoms. The third-order valence-corrected chi connectivity index (χ3v) is 4.05. The number of nitrogens with one attached hydrogen (secondary N) is 1. The molecule has 0 saturated carbocycles. The van der Waals surface area contributed by atoms with E-state index in [0.717, 1.165) is 11.6 Å². The van der Waals surface area contributed by atoms with Crippen molar-refractivity contribution in [3.8, 4) is 11.3 Å². The summed E-state index contributed by atoms with van der Waals surface area (Å²) in [5.41, 5.74) is 1.02. The molecule has 0 radical (unpaired) electrons. The van der Waals surface area contributed by atoms with E-state index in [1.807, 2.05) is 30.3 Å². The van der Waals surface area contributed by atoms with Crippen LogP contribution in [-0.2, 0) is 6.54 Å². The number of carbonyl (C=O) groups is 1. The highest BCUT2D eigenvalue weighted by atomic mass is 35.5. The standard InChI is InChI=1S/C19H15ClFN3O2/c20-14-7-4-8-15(21)18(14)19(26)22-11-12-24-17(25)10-9-16(23-24)13-5-2-1-3-6-13/h1-10H,11-12H2,(H,22,26). The van der Waals surface area contributed by atoms with Gasteiger partial charge in [0.25, 0.3) is 11.5 Å². The van der Waals surface area contributed by atoms with Crippen LogP contribution in [0.25, 0.3) is 11.3 Å². The lowest BCUT2D eigenvalue weighted by atomic mass is 10.1. The molecule has 1 aromatic heterocycles. The second kappa shape index (κ2) is 7.93. The maximum Gasteiger partial charge on any atom is 0.266 e. The van der Waals surface area contributed by atoms with Crippen LogP contribution in [0.15, 0.2) is 65.5 Å². The zero-order valence-electron chi connectivity index (χ0n) is 13.7. The van der Waals surface area contributed by atoms with E-state index < -0.39 is 11.7 Å². The van der Waals surface area contributed by atoms with Gasteiger partial charge < -0.3 is 5.32 Å². The van der Waals surface area contributed by atoms with Gasteiger partial charge in [0, 0.05) is 18.2 Å². The molecule has 1 N–H and O–H groups in total. The van der Waals surface area contributed by atoms with Gasteiger partial charge in [0.1, 0.15) is 5.82 Å². The van der Waals surface area contributed by atoms with Crippen molar-refractivity contribution in [3.63, 3.8) is 0 Å². The van der Waals surface area contributed by atoms with Crippen LogP contribution in [-0.4, -0.2) is 22.2 Å². The van der Waals surface area contributed by atoms with Crippen LogP contribution >= 0.6 is 11.6 Å². The highest BCUT2D eigenvalue weighted by Crippen LogP contribution is 2.18. The lowest BCUT2D eigenvalue weighted by Gasteiger charge is -2.09. The van der Waals surface area contributed by atoms with Gasteiger partial charge in [-0.2, -0.15) is 5.10 Å². The summed E-state index contributed by atoms with van der Waals surface area (Å²) in [4.78, 5) is 24.1. The van der Waals surface area contributed by atoms with Crippen molar-refractivity contribution >= 4 is 17.5 Å². The molecule has 132 valence electrons. The van der Waals surface area contributed by atoms with Gasteiger partial charge in [0.05, 0.1) is 22.8 Å². The first-order valence-corrected chi connectivity index (χ1v) is 8.30. The Balaban J connectivity index is 1.70. The lowest BCUT2D eigenvalue weighted by molar-refractivity contribution is 0.0948. The Morgan fingerprint density at radius 1 is 1.08 bits per heavy atom. The minimum atomic E-state index is -0.698. The number of amides is 1. The summed E-state index contributed by atoms with van der Waals surface area (Å²) in [7, 11) is 0. The van der Waals surface area contributed by atoms with Crippen molar-refractivity contribution in [2.75, 3.05) is 6.54 Å². The van der Waals surface area contributed by atoms with Crippen molar-refractivity contribution in [2.45, 2.75) is 6.54 Å². The minimum Gasteiger partial charge on any atom is -0.350 e. The molecule has 1 amide bonds. The van der Waals surface area contributed by atoms with Crippen LogP contribution in [0.3, 0.4) is 0 Å². The second-order valence-corrected chi connectivity index (χ2v) is 5.91. The van der Waals surface area contributed by atoms with E-state index in [-0.39, 0.29) is 29.2 Å². The van der Waals surface area contributed by atoms with E-state index in [4.69, 9.17) is 11.6 Å². The molecule has 26 heavy (non-hydrogen) atoms. The van der Waals surface area contributed by atoms with Gasteiger partial charge in [-0.15, -0.1) is 0 Å². The molecule has 1 heterocycles. The topological polar surface area (TPSA) is 64.0 Å². The van der Waals surface area contributed by atoms with Gasteiger partial charge in [0.2, 0.25) is 0 Å². The molecule has 0 aliphatic rings. The number of carbonyl (C=O) groups excluding carboxylic acids is 1. The quantitative estimate of drug-likeness (QED) is 0.749. The van der Waals surface area contributed by atoms with Crippen LogP contribution in [0.4, 0.5) is 4.39 Å². The fourth-order valence-corrected chi connectivity index (χ4v) is 2.70. The van der Waals surface area contributed by atoms with Gasteiger partial charge in [-0.1, -0.05) is 48.0 Å². The number of benzene rings is 2. The molecule has 3 rings (SSSR count). The Kier molecular flexibility index (Phi) is 5.43. The molecule has 0 fully saturated rings. The molecule has 3 aromatic rings. The lowest BCUT2D eigenvalue weighted by Crippen LogP contribution is -2.32. The summed E-state index contributed by atoms with van der Waals surface area (Å²) in [6, 6.07) is 16.5. The Bertz CT molecular complexity index is 969. The number of nitrogens with zero attached hydrogens (tertiary/aromatic N) is 2. The van der Waals surface area contributed by atoms with Gasteiger partial charge >= 0.3 is 0 Å². The van der Waals surface area contributed by atoms with Gasteiger partial charge in [-0.25, -0.2) is 9.07 Å². The molecule has 0 aliphatic carbocycles. The first kappa shape index (κ1) is 17.8. The fourth-order valence-electron chi connectivity index (χ4n) is 2.45. The molecule has 0 spiro atoms. The third-order valence-electron chi connectivity index (χ3n) is 3.74. The molecule has 0 atom stereocenters. The predicted octanol–water partition coefficient (Wildman–Crippen LogP) is 3.13. The van der Waals surface area contributed by atoms with E-state index in [2.05, 4.69) is 10.4 Å². The number of halogens is 2. The molecule has 0 unspecified atom stereocenters. The average Bonchev–Trinajstić information content (AvgIpc) is 2.64. The highest BCUT2D eigenvalue weighted by molar-refractivity contribution is 6.33. The Morgan fingerprint density at radius 2 is 1.85 bits per heavy atom. The largest absolute Gasteiger partial charge is 0.350 e. The maximum atomic E-state index is 13.7. The van der Waals surface area contributed by atoms with Crippen molar-refractivity contribution < 1.29 is 9.18 Å². The first-order chi connectivity index (χ1) is 12.6. The fraction of sp³-hybridized carbons (Fsp3) is 0.105. The van der Waals surface area contributed by atoms with E-state index in [0.29, 0.717) is 5.69 Å². The van der Waals surface area contributed by atoms with Crippen LogP contribution in [0, 0.1) is 5.82 Å². The molecule has 0 aliphatic heterocycles. The van der Waals surface area contributed by atoms with Crippen molar-refractivity contribution in [2.24, 2.45) is 0 Å². The monoisotopic (exact) mass is 371 g/mol. The summed E-state index contributed by atoms with van der Waals surface area (Å²) in [5.74, 6) is -1.34. The number of rotatable bonds is 5. The first-order valence-electron chi connectivity index (χ1n) is 7.92. The SMILES string of the molecule is O=C(NCCn1nc(-c2ccccc2)ccc1=O)c1c(F)cccc1Cl. The molecular weight excluding hydrogens is 357 g/mol. The van der Waals surface area contributed by atoms with Gasteiger partial charge in [0.15, 0.2) is 0 Å². The molecular formula is C19H15ClFN3O2. The Hall–Kier alpha value is -2.99. The average molecular weight is 372 g/mol. The van der Waals surface area contributed by atoms with E-state index in [9.17, 15) is 14.0 Å². The predicted molar refractivity (Wildman–Crippen MR) is 97.7 cm³/mol. The van der Waals surface area contributed by atoms with Crippen LogP contribution in [0.5, 0.6) is 0 Å². The van der Waals surface area contributed by atoms with Crippen LogP contribution in [0.2, 0.25) is 5.02 Å². The summed E-state index contributed by atoms with van der Waals surface area (Å²) in [6.07, 6.45) is 0. The molecule has 2 aromatic carbocycles. The number of aromatic nitrogens is 2. The van der Waals surface area contributed by atoms with E-state index >= 15 is 0 Å².